The summed E-state index contributed by atoms with van der Waals surface area (Å²) in [5.41, 5.74) is 3.63. The van der Waals surface area contributed by atoms with Gasteiger partial charge in [-0.05, 0) is 56.2 Å². The third-order valence-corrected chi connectivity index (χ3v) is 4.96. The van der Waals surface area contributed by atoms with Crippen molar-refractivity contribution >= 4 is 35.6 Å². The Hall–Kier alpha value is -2.00. The summed E-state index contributed by atoms with van der Waals surface area (Å²) in [6, 6.07) is 16.8. The van der Waals surface area contributed by atoms with E-state index in [0.29, 0.717) is 13.1 Å². The van der Waals surface area contributed by atoms with Crippen LogP contribution in [-0.2, 0) is 11.3 Å². The first-order valence-electron chi connectivity index (χ1n) is 10.8. The van der Waals surface area contributed by atoms with E-state index in [4.69, 9.17) is 14.5 Å². The maximum atomic E-state index is 6.00. The summed E-state index contributed by atoms with van der Waals surface area (Å²) in [5, 5.41) is 6.69. The summed E-state index contributed by atoms with van der Waals surface area (Å²) in [6.45, 7) is 11.8. The molecule has 7 heteroatoms. The van der Waals surface area contributed by atoms with Gasteiger partial charge in [-0.2, -0.15) is 0 Å². The number of aryl methyl sites for hydroxylation is 1. The predicted octanol–water partition coefficient (Wildman–Crippen LogP) is 3.97. The number of hydrogen-bond donors (Lipinski definition) is 2. The minimum Gasteiger partial charge on any atom is -0.489 e. The van der Waals surface area contributed by atoms with Crippen molar-refractivity contribution < 1.29 is 9.47 Å². The van der Waals surface area contributed by atoms with Gasteiger partial charge in [-0.15, -0.1) is 24.0 Å². The summed E-state index contributed by atoms with van der Waals surface area (Å²) in [4.78, 5) is 7.08. The van der Waals surface area contributed by atoms with E-state index in [1.807, 2.05) is 12.1 Å². The summed E-state index contributed by atoms with van der Waals surface area (Å²) >= 11 is 0. The molecule has 0 aromatic heterocycles. The molecule has 1 atom stereocenters. The van der Waals surface area contributed by atoms with Gasteiger partial charge in [-0.25, -0.2) is 4.99 Å². The lowest BCUT2D eigenvalue weighted by molar-refractivity contribution is 0.122. The lowest BCUT2D eigenvalue weighted by atomic mass is 10.2. The number of morpholine rings is 1. The van der Waals surface area contributed by atoms with Gasteiger partial charge in [0.1, 0.15) is 11.9 Å². The molecule has 0 radical (unpaired) electrons. The zero-order valence-electron chi connectivity index (χ0n) is 18.8. The van der Waals surface area contributed by atoms with Crippen molar-refractivity contribution in [2.45, 2.75) is 33.4 Å². The van der Waals surface area contributed by atoms with Gasteiger partial charge in [0.25, 0.3) is 0 Å². The molecule has 2 aromatic rings. The summed E-state index contributed by atoms with van der Waals surface area (Å²) < 4.78 is 11.4. The Bertz CT molecular complexity index is 807. The first-order valence-corrected chi connectivity index (χ1v) is 10.8. The molecular weight excluding hydrogens is 503 g/mol. The highest BCUT2D eigenvalue weighted by atomic mass is 127. The second-order valence-electron chi connectivity index (χ2n) is 7.59. The van der Waals surface area contributed by atoms with E-state index >= 15 is 0 Å². The number of rotatable bonds is 8. The molecule has 1 saturated heterocycles. The molecule has 0 aliphatic carbocycles. The van der Waals surface area contributed by atoms with Crippen molar-refractivity contribution in [1.82, 2.24) is 10.6 Å². The first-order chi connectivity index (χ1) is 14.6. The highest BCUT2D eigenvalue weighted by Crippen LogP contribution is 2.17. The monoisotopic (exact) mass is 538 g/mol. The van der Waals surface area contributed by atoms with Gasteiger partial charge < -0.3 is 25.0 Å². The topological polar surface area (TPSA) is 58.1 Å². The average Bonchev–Trinajstić information content (AvgIpc) is 2.77. The van der Waals surface area contributed by atoms with E-state index in [0.717, 1.165) is 44.6 Å². The van der Waals surface area contributed by atoms with Crippen molar-refractivity contribution in [3.05, 3.63) is 59.7 Å². The largest absolute Gasteiger partial charge is 0.489 e. The lowest BCUT2D eigenvalue weighted by Gasteiger charge is -2.28. The molecule has 170 valence electrons. The van der Waals surface area contributed by atoms with Gasteiger partial charge in [0.05, 0.1) is 26.3 Å². The highest BCUT2D eigenvalue weighted by molar-refractivity contribution is 14.0. The van der Waals surface area contributed by atoms with Crippen LogP contribution in [-0.4, -0.2) is 51.5 Å². The predicted molar refractivity (Wildman–Crippen MR) is 139 cm³/mol. The van der Waals surface area contributed by atoms with E-state index < -0.39 is 0 Å². The molecule has 6 nitrogen and oxygen atoms in total. The number of guanidine groups is 1. The summed E-state index contributed by atoms with van der Waals surface area (Å²) in [5.74, 6) is 1.70. The zero-order chi connectivity index (χ0) is 21.2. The van der Waals surface area contributed by atoms with Crippen LogP contribution in [0.1, 0.15) is 25.0 Å². The molecule has 31 heavy (non-hydrogen) atoms. The van der Waals surface area contributed by atoms with Crippen LogP contribution in [0.2, 0.25) is 0 Å². The Morgan fingerprint density at radius 2 is 1.87 bits per heavy atom. The second-order valence-corrected chi connectivity index (χ2v) is 7.59. The zero-order valence-corrected chi connectivity index (χ0v) is 21.1. The molecule has 0 spiro atoms. The quantitative estimate of drug-likeness (QED) is 0.303. The van der Waals surface area contributed by atoms with Crippen LogP contribution in [0.25, 0.3) is 0 Å². The number of halogens is 1. The summed E-state index contributed by atoms with van der Waals surface area (Å²) in [6.07, 6.45) is 0.0310. The van der Waals surface area contributed by atoms with Gasteiger partial charge >= 0.3 is 0 Å². The van der Waals surface area contributed by atoms with E-state index in [2.05, 4.69) is 72.7 Å². The third-order valence-electron chi connectivity index (χ3n) is 4.96. The lowest BCUT2D eigenvalue weighted by Crippen LogP contribution is -2.41. The minimum atomic E-state index is 0. The minimum absolute atomic E-state index is 0. The molecule has 0 bridgehead atoms. The maximum absolute atomic E-state index is 6.00. The van der Waals surface area contributed by atoms with E-state index in [1.165, 1.54) is 16.8 Å². The van der Waals surface area contributed by atoms with Gasteiger partial charge in [0, 0.05) is 25.3 Å². The molecule has 0 amide bonds. The van der Waals surface area contributed by atoms with Gasteiger partial charge in [-0.1, -0.05) is 24.3 Å². The van der Waals surface area contributed by atoms with Crippen molar-refractivity contribution in [3.63, 3.8) is 0 Å². The van der Waals surface area contributed by atoms with E-state index in [9.17, 15) is 0 Å². The summed E-state index contributed by atoms with van der Waals surface area (Å²) in [7, 11) is 0. The third kappa shape index (κ3) is 8.57. The Morgan fingerprint density at radius 3 is 2.55 bits per heavy atom. The van der Waals surface area contributed by atoms with Crippen LogP contribution in [0, 0.1) is 6.92 Å². The van der Waals surface area contributed by atoms with Crippen molar-refractivity contribution in [2.75, 3.05) is 44.3 Å². The molecule has 1 fully saturated rings. The molecule has 3 rings (SSSR count). The fraction of sp³-hybridized carbons (Fsp3) is 0.458. The SMILES string of the molecule is CCNC(=NCc1ccc(N2CCOCC2)cc1)NCC(C)Oc1cccc(C)c1.I. The Kier molecular flexibility index (Phi) is 10.9. The first kappa shape index (κ1) is 25.3. The standard InChI is InChI=1S/C24H34N4O2.HI/c1-4-25-24(26-17-20(3)30-23-7-5-6-19(2)16-23)27-18-21-8-10-22(11-9-21)28-12-14-29-15-13-28;/h5-11,16,20H,4,12-15,17-18H2,1-3H3,(H2,25,26,27);1H. The Balaban J connectivity index is 0.00000341. The normalized spacial score (nSPS) is 15.1. The van der Waals surface area contributed by atoms with Crippen LogP contribution in [0.3, 0.4) is 0 Å². The van der Waals surface area contributed by atoms with Crippen molar-refractivity contribution in [2.24, 2.45) is 4.99 Å². The smallest absolute Gasteiger partial charge is 0.191 e. The van der Waals surface area contributed by atoms with E-state index in [1.54, 1.807) is 0 Å². The van der Waals surface area contributed by atoms with Crippen molar-refractivity contribution in [3.8, 4) is 5.75 Å². The van der Waals surface area contributed by atoms with Crippen LogP contribution in [0.15, 0.2) is 53.5 Å². The van der Waals surface area contributed by atoms with Gasteiger partial charge in [0.15, 0.2) is 5.96 Å². The number of benzene rings is 2. The molecule has 2 aromatic carbocycles. The molecule has 1 aliphatic heterocycles. The van der Waals surface area contributed by atoms with Crippen LogP contribution < -0.4 is 20.3 Å². The van der Waals surface area contributed by atoms with E-state index in [-0.39, 0.29) is 30.1 Å². The molecule has 0 saturated carbocycles. The van der Waals surface area contributed by atoms with Crippen LogP contribution >= 0.6 is 24.0 Å². The molecular formula is C24H35IN4O2. The highest BCUT2D eigenvalue weighted by Gasteiger charge is 2.11. The number of nitrogens with one attached hydrogen (secondary N) is 2. The number of ether oxygens (including phenoxy) is 2. The number of hydrogen-bond acceptors (Lipinski definition) is 4. The average molecular weight is 538 g/mol. The van der Waals surface area contributed by atoms with Gasteiger partial charge in [0.2, 0.25) is 0 Å². The number of aliphatic imine (C=N–C) groups is 1. The maximum Gasteiger partial charge on any atom is 0.191 e. The number of anilines is 1. The van der Waals surface area contributed by atoms with Crippen LogP contribution in [0.4, 0.5) is 5.69 Å². The van der Waals surface area contributed by atoms with Crippen molar-refractivity contribution in [1.29, 1.82) is 0 Å². The number of nitrogens with zero attached hydrogens (tertiary/aromatic N) is 2. The van der Waals surface area contributed by atoms with Gasteiger partial charge in [-0.3, -0.25) is 0 Å². The molecule has 1 unspecified atom stereocenters. The fourth-order valence-corrected chi connectivity index (χ4v) is 3.35. The molecule has 1 heterocycles. The fourth-order valence-electron chi connectivity index (χ4n) is 3.35. The Morgan fingerprint density at radius 1 is 1.13 bits per heavy atom. The Labute approximate surface area is 203 Å². The van der Waals surface area contributed by atoms with Crippen LogP contribution in [0.5, 0.6) is 5.75 Å². The molecule has 1 aliphatic rings. The second kappa shape index (κ2) is 13.4. The molecule has 2 N–H and O–H groups in total.